The lowest BCUT2D eigenvalue weighted by Gasteiger charge is -2.42. The van der Waals surface area contributed by atoms with Gasteiger partial charge in [-0.2, -0.15) is 0 Å². The molecular formula is C20H25N5O. The first-order chi connectivity index (χ1) is 12.8. The van der Waals surface area contributed by atoms with Crippen LogP contribution in [0.4, 0.5) is 5.82 Å². The Bertz CT molecular complexity index is 850. The Morgan fingerprint density at radius 1 is 1.15 bits per heavy atom. The number of aromatic nitrogens is 4. The molecule has 1 aromatic carbocycles. The minimum Gasteiger partial charge on any atom is -0.396 e. The molecule has 6 nitrogen and oxygen atoms in total. The predicted octanol–water partition coefficient (Wildman–Crippen LogP) is 2.95. The molecule has 2 aromatic heterocycles. The Hall–Kier alpha value is -2.47. The van der Waals surface area contributed by atoms with Gasteiger partial charge < -0.3 is 15.0 Å². The van der Waals surface area contributed by atoms with E-state index in [-0.39, 0.29) is 12.0 Å². The summed E-state index contributed by atoms with van der Waals surface area (Å²) in [5.74, 6) is 0.896. The van der Waals surface area contributed by atoms with Crippen molar-refractivity contribution >= 4 is 17.0 Å². The average molecular weight is 351 g/mol. The van der Waals surface area contributed by atoms with Gasteiger partial charge in [-0.05, 0) is 37.7 Å². The van der Waals surface area contributed by atoms with Crippen molar-refractivity contribution in [1.82, 2.24) is 19.9 Å². The number of imidazole rings is 1. The Kier molecular flexibility index (Phi) is 4.84. The number of nitrogens with one attached hydrogen (secondary N) is 1. The summed E-state index contributed by atoms with van der Waals surface area (Å²) in [6.07, 6.45) is 8.52. The van der Waals surface area contributed by atoms with E-state index in [4.69, 9.17) is 0 Å². The van der Waals surface area contributed by atoms with E-state index >= 15 is 0 Å². The van der Waals surface area contributed by atoms with E-state index < -0.39 is 0 Å². The molecule has 0 spiro atoms. The van der Waals surface area contributed by atoms with Crippen LogP contribution in [0.2, 0.25) is 0 Å². The standard InChI is InChI=1S/C20H25N5O/c26-13-20(9-4-8-16-6-2-1-3-7-16)10-5-11-25(12-20)19-17-18(22-14-21-17)23-15-24-19/h1-3,6-7,14-15,26H,4-5,8-13H2,(H,21,22,23,24)/t20-/m0/s1. The van der Waals surface area contributed by atoms with Crippen molar-refractivity contribution in [2.24, 2.45) is 5.41 Å². The third kappa shape index (κ3) is 3.42. The molecular weight excluding hydrogens is 326 g/mol. The van der Waals surface area contributed by atoms with Crippen molar-refractivity contribution in [2.75, 3.05) is 24.6 Å². The maximum atomic E-state index is 10.2. The van der Waals surface area contributed by atoms with Crippen LogP contribution in [0.1, 0.15) is 31.2 Å². The van der Waals surface area contributed by atoms with Gasteiger partial charge in [0.1, 0.15) is 11.8 Å². The molecule has 4 rings (SSSR count). The molecule has 1 aliphatic heterocycles. The van der Waals surface area contributed by atoms with E-state index in [1.807, 2.05) is 0 Å². The molecule has 0 radical (unpaired) electrons. The van der Waals surface area contributed by atoms with E-state index in [2.05, 4.69) is 55.2 Å². The lowest BCUT2D eigenvalue weighted by atomic mass is 9.76. The molecule has 6 heteroatoms. The highest BCUT2D eigenvalue weighted by atomic mass is 16.3. The number of nitrogens with zero attached hydrogens (tertiary/aromatic N) is 4. The molecule has 2 N–H and O–H groups in total. The topological polar surface area (TPSA) is 77.9 Å². The lowest BCUT2D eigenvalue weighted by Crippen LogP contribution is -2.46. The van der Waals surface area contributed by atoms with Gasteiger partial charge in [-0.1, -0.05) is 30.3 Å². The minimum absolute atomic E-state index is 0.0652. The summed E-state index contributed by atoms with van der Waals surface area (Å²) in [6, 6.07) is 10.6. The highest BCUT2D eigenvalue weighted by Crippen LogP contribution is 2.37. The van der Waals surface area contributed by atoms with Crippen LogP contribution in [0.25, 0.3) is 11.2 Å². The number of fused-ring (bicyclic) bond motifs is 1. The maximum Gasteiger partial charge on any atom is 0.182 e. The zero-order valence-electron chi connectivity index (χ0n) is 14.9. The Morgan fingerprint density at radius 3 is 2.88 bits per heavy atom. The van der Waals surface area contributed by atoms with Crippen LogP contribution in [0, 0.1) is 5.41 Å². The van der Waals surface area contributed by atoms with Gasteiger partial charge in [-0.3, -0.25) is 0 Å². The number of anilines is 1. The molecule has 3 aromatic rings. The number of hydrogen-bond donors (Lipinski definition) is 2. The first-order valence-electron chi connectivity index (χ1n) is 9.33. The number of aryl methyl sites for hydroxylation is 1. The smallest absolute Gasteiger partial charge is 0.182 e. The Labute approximate surface area is 153 Å². The third-order valence-electron chi connectivity index (χ3n) is 5.51. The van der Waals surface area contributed by atoms with E-state index in [0.29, 0.717) is 5.65 Å². The second-order valence-electron chi connectivity index (χ2n) is 7.32. The summed E-state index contributed by atoms with van der Waals surface area (Å²) in [7, 11) is 0. The van der Waals surface area contributed by atoms with Crippen LogP contribution >= 0.6 is 0 Å². The summed E-state index contributed by atoms with van der Waals surface area (Å²) >= 11 is 0. The number of aliphatic hydroxyl groups is 1. The normalized spacial score (nSPS) is 20.6. The Morgan fingerprint density at radius 2 is 2.04 bits per heavy atom. The summed E-state index contributed by atoms with van der Waals surface area (Å²) in [4.78, 5) is 18.4. The summed E-state index contributed by atoms with van der Waals surface area (Å²) in [5, 5.41) is 10.2. The maximum absolute atomic E-state index is 10.2. The molecule has 1 fully saturated rings. The lowest BCUT2D eigenvalue weighted by molar-refractivity contribution is 0.0939. The minimum atomic E-state index is -0.0652. The second-order valence-corrected chi connectivity index (χ2v) is 7.32. The van der Waals surface area contributed by atoms with Gasteiger partial charge in [0, 0.05) is 18.5 Å². The first-order valence-corrected chi connectivity index (χ1v) is 9.33. The van der Waals surface area contributed by atoms with Crippen molar-refractivity contribution in [3.05, 3.63) is 48.5 Å². The molecule has 1 aliphatic rings. The second kappa shape index (κ2) is 7.41. The van der Waals surface area contributed by atoms with E-state index in [1.165, 1.54) is 5.56 Å². The zero-order chi connectivity index (χ0) is 17.8. The molecule has 0 saturated carbocycles. The third-order valence-corrected chi connectivity index (χ3v) is 5.51. The SMILES string of the molecule is OC[C@@]1(CCCc2ccccc2)CCCN(c2ncnc3nc[nH]c23)C1. The fraction of sp³-hybridized carbons (Fsp3) is 0.450. The van der Waals surface area contributed by atoms with Crippen molar-refractivity contribution in [3.63, 3.8) is 0 Å². The molecule has 0 aliphatic carbocycles. The predicted molar refractivity (Wildman–Crippen MR) is 102 cm³/mol. The molecule has 1 saturated heterocycles. The molecule has 0 unspecified atom stereocenters. The van der Waals surface area contributed by atoms with Crippen LogP contribution in [-0.4, -0.2) is 44.7 Å². The van der Waals surface area contributed by atoms with Gasteiger partial charge in [0.05, 0.1) is 12.9 Å². The number of aliphatic hydroxyl groups excluding tert-OH is 1. The number of piperidine rings is 1. The van der Waals surface area contributed by atoms with Gasteiger partial charge in [-0.25, -0.2) is 15.0 Å². The van der Waals surface area contributed by atoms with Gasteiger partial charge in [0.2, 0.25) is 0 Å². The molecule has 136 valence electrons. The van der Waals surface area contributed by atoms with E-state index in [9.17, 15) is 5.11 Å². The van der Waals surface area contributed by atoms with E-state index in [0.717, 1.165) is 56.5 Å². The fourth-order valence-corrected chi connectivity index (χ4v) is 4.11. The molecule has 1 atom stereocenters. The molecule has 3 heterocycles. The number of benzene rings is 1. The van der Waals surface area contributed by atoms with Crippen LogP contribution in [0.15, 0.2) is 43.0 Å². The van der Waals surface area contributed by atoms with Crippen LogP contribution < -0.4 is 4.90 Å². The largest absolute Gasteiger partial charge is 0.396 e. The summed E-state index contributed by atoms with van der Waals surface area (Å²) < 4.78 is 0. The van der Waals surface area contributed by atoms with Crippen molar-refractivity contribution in [1.29, 1.82) is 0 Å². The summed E-state index contributed by atoms with van der Waals surface area (Å²) in [5.41, 5.74) is 2.87. The van der Waals surface area contributed by atoms with Crippen molar-refractivity contribution in [2.45, 2.75) is 32.1 Å². The number of aromatic amines is 1. The van der Waals surface area contributed by atoms with Crippen molar-refractivity contribution in [3.8, 4) is 0 Å². The Balaban J connectivity index is 1.47. The molecule has 0 bridgehead atoms. The average Bonchev–Trinajstić information content (AvgIpc) is 3.18. The van der Waals surface area contributed by atoms with E-state index in [1.54, 1.807) is 12.7 Å². The quantitative estimate of drug-likeness (QED) is 0.714. The van der Waals surface area contributed by atoms with Gasteiger partial charge in [0.25, 0.3) is 0 Å². The number of H-pyrrole nitrogens is 1. The summed E-state index contributed by atoms with van der Waals surface area (Å²) in [6.45, 7) is 1.99. The van der Waals surface area contributed by atoms with Crippen LogP contribution in [-0.2, 0) is 6.42 Å². The van der Waals surface area contributed by atoms with Crippen LogP contribution in [0.5, 0.6) is 0 Å². The number of rotatable bonds is 6. The first kappa shape index (κ1) is 17.0. The highest BCUT2D eigenvalue weighted by Gasteiger charge is 2.35. The van der Waals surface area contributed by atoms with Gasteiger partial charge in [-0.15, -0.1) is 0 Å². The zero-order valence-corrected chi connectivity index (χ0v) is 14.9. The molecule has 0 amide bonds. The van der Waals surface area contributed by atoms with Crippen molar-refractivity contribution < 1.29 is 5.11 Å². The van der Waals surface area contributed by atoms with Gasteiger partial charge in [0.15, 0.2) is 11.5 Å². The van der Waals surface area contributed by atoms with Gasteiger partial charge >= 0.3 is 0 Å². The van der Waals surface area contributed by atoms with Crippen LogP contribution in [0.3, 0.4) is 0 Å². The molecule has 26 heavy (non-hydrogen) atoms. The fourth-order valence-electron chi connectivity index (χ4n) is 4.11. The highest BCUT2D eigenvalue weighted by molar-refractivity contribution is 5.82. The monoisotopic (exact) mass is 351 g/mol. The number of hydrogen-bond acceptors (Lipinski definition) is 5.